The molecule has 7 heteroatoms. The summed E-state index contributed by atoms with van der Waals surface area (Å²) in [6, 6.07) is 11.4. The molecule has 2 amide bonds. The van der Waals surface area contributed by atoms with Crippen molar-refractivity contribution in [2.45, 2.75) is 25.8 Å². The molecule has 1 aliphatic heterocycles. The van der Waals surface area contributed by atoms with Gasteiger partial charge in [0.25, 0.3) is 5.91 Å². The van der Waals surface area contributed by atoms with Crippen molar-refractivity contribution in [2.24, 2.45) is 5.10 Å². The number of carbonyl (C=O) groups excluding carboxylic acids is 2. The number of amides is 2. The van der Waals surface area contributed by atoms with Gasteiger partial charge in [0.2, 0.25) is 5.91 Å². The van der Waals surface area contributed by atoms with Gasteiger partial charge in [-0.2, -0.15) is 5.10 Å². The van der Waals surface area contributed by atoms with Crippen LogP contribution in [-0.2, 0) is 9.59 Å². The second-order valence-corrected chi connectivity index (χ2v) is 6.67. The molecule has 1 unspecified atom stereocenters. The van der Waals surface area contributed by atoms with E-state index in [1.54, 1.807) is 38.2 Å². The van der Waals surface area contributed by atoms with Crippen molar-refractivity contribution in [1.82, 2.24) is 9.91 Å². The fraction of sp³-hybridized carbons (Fsp3) is 0.286. The third-order valence-electron chi connectivity index (χ3n) is 4.70. The predicted molar refractivity (Wildman–Crippen MR) is 101 cm³/mol. The number of rotatable bonds is 5. The summed E-state index contributed by atoms with van der Waals surface area (Å²) in [5.41, 5.74) is 2.08. The molecule has 0 saturated carbocycles. The molecular weight excluding hydrogens is 364 g/mol. The number of likely N-dealkylation sites (N-methyl/N-ethyl adjacent to an activating group) is 1. The SMILES string of the molecule is CCC(=O)N(C)CC(=O)N1N=C(c2ccc(F)cc2)CC1c1ccc(F)cc1. The second kappa shape index (κ2) is 8.29. The Labute approximate surface area is 162 Å². The van der Waals surface area contributed by atoms with Gasteiger partial charge >= 0.3 is 0 Å². The van der Waals surface area contributed by atoms with Crippen LogP contribution < -0.4 is 0 Å². The number of hydrogen-bond donors (Lipinski definition) is 0. The average Bonchev–Trinajstić information content (AvgIpc) is 3.14. The molecule has 0 aromatic heterocycles. The van der Waals surface area contributed by atoms with E-state index in [-0.39, 0.29) is 30.0 Å². The quantitative estimate of drug-likeness (QED) is 0.791. The smallest absolute Gasteiger partial charge is 0.262 e. The number of halogens is 2. The molecule has 0 spiro atoms. The van der Waals surface area contributed by atoms with E-state index in [2.05, 4.69) is 5.10 Å². The van der Waals surface area contributed by atoms with Gasteiger partial charge < -0.3 is 4.90 Å². The van der Waals surface area contributed by atoms with Crippen molar-refractivity contribution in [3.63, 3.8) is 0 Å². The number of hydrazone groups is 1. The largest absolute Gasteiger partial charge is 0.336 e. The number of nitrogens with zero attached hydrogens (tertiary/aromatic N) is 3. The number of hydrogen-bond acceptors (Lipinski definition) is 3. The first-order chi connectivity index (χ1) is 13.4. The van der Waals surface area contributed by atoms with Gasteiger partial charge in [0.05, 0.1) is 11.8 Å². The van der Waals surface area contributed by atoms with Crippen LogP contribution in [-0.4, -0.2) is 41.0 Å². The Morgan fingerprint density at radius 1 is 1.07 bits per heavy atom. The molecule has 0 fully saturated rings. The van der Waals surface area contributed by atoms with Gasteiger partial charge in [0.1, 0.15) is 18.2 Å². The van der Waals surface area contributed by atoms with Crippen LogP contribution in [0.4, 0.5) is 8.78 Å². The monoisotopic (exact) mass is 385 g/mol. The maximum atomic E-state index is 13.3. The van der Waals surface area contributed by atoms with E-state index in [1.807, 2.05) is 0 Å². The maximum absolute atomic E-state index is 13.3. The molecular formula is C21H21F2N3O2. The van der Waals surface area contributed by atoms with Crippen LogP contribution in [0.2, 0.25) is 0 Å². The van der Waals surface area contributed by atoms with Crippen LogP contribution in [0.5, 0.6) is 0 Å². The summed E-state index contributed by atoms with van der Waals surface area (Å²) in [6.07, 6.45) is 0.712. The molecule has 0 N–H and O–H groups in total. The molecule has 1 atom stereocenters. The standard InChI is InChI=1S/C21H21F2N3O2/c1-3-20(27)25(2)13-21(28)26-19(15-6-10-17(23)11-7-15)12-18(24-26)14-4-8-16(22)9-5-14/h4-11,19H,3,12-13H2,1-2H3. The minimum Gasteiger partial charge on any atom is -0.336 e. The van der Waals surface area contributed by atoms with Gasteiger partial charge in [-0.05, 0) is 35.4 Å². The molecule has 5 nitrogen and oxygen atoms in total. The fourth-order valence-electron chi connectivity index (χ4n) is 3.14. The summed E-state index contributed by atoms with van der Waals surface area (Å²) in [5, 5.41) is 5.79. The van der Waals surface area contributed by atoms with Crippen molar-refractivity contribution >= 4 is 17.5 Å². The van der Waals surface area contributed by atoms with Crippen molar-refractivity contribution in [2.75, 3.05) is 13.6 Å². The van der Waals surface area contributed by atoms with Crippen LogP contribution in [0.1, 0.15) is 36.9 Å². The van der Waals surface area contributed by atoms with Gasteiger partial charge in [-0.1, -0.05) is 31.2 Å². The first-order valence-electron chi connectivity index (χ1n) is 9.04. The summed E-state index contributed by atoms with van der Waals surface area (Å²) in [7, 11) is 1.57. The van der Waals surface area contributed by atoms with E-state index in [4.69, 9.17) is 0 Å². The topological polar surface area (TPSA) is 53.0 Å². The van der Waals surface area contributed by atoms with Crippen LogP contribution in [0, 0.1) is 11.6 Å². The van der Waals surface area contributed by atoms with Crippen molar-refractivity contribution in [3.8, 4) is 0 Å². The molecule has 0 bridgehead atoms. The van der Waals surface area contributed by atoms with Crippen LogP contribution in [0.3, 0.4) is 0 Å². The van der Waals surface area contributed by atoms with E-state index >= 15 is 0 Å². The van der Waals surface area contributed by atoms with Gasteiger partial charge in [0, 0.05) is 19.9 Å². The zero-order chi connectivity index (χ0) is 20.3. The van der Waals surface area contributed by atoms with E-state index in [1.165, 1.54) is 34.2 Å². The summed E-state index contributed by atoms with van der Waals surface area (Å²) in [5.74, 6) is -1.21. The minimum atomic E-state index is -0.418. The molecule has 0 aliphatic carbocycles. The third-order valence-corrected chi connectivity index (χ3v) is 4.70. The Balaban J connectivity index is 1.89. The highest BCUT2D eigenvalue weighted by molar-refractivity contribution is 6.03. The lowest BCUT2D eigenvalue weighted by Crippen LogP contribution is -2.39. The molecule has 0 radical (unpaired) electrons. The molecule has 2 aromatic carbocycles. The number of benzene rings is 2. The van der Waals surface area contributed by atoms with E-state index < -0.39 is 6.04 Å². The maximum Gasteiger partial charge on any atom is 0.262 e. The second-order valence-electron chi connectivity index (χ2n) is 6.67. The molecule has 3 rings (SSSR count). The highest BCUT2D eigenvalue weighted by Gasteiger charge is 2.33. The molecule has 0 saturated heterocycles. The van der Waals surface area contributed by atoms with Gasteiger partial charge in [-0.3, -0.25) is 9.59 Å². The zero-order valence-corrected chi connectivity index (χ0v) is 15.7. The van der Waals surface area contributed by atoms with Crippen molar-refractivity contribution in [1.29, 1.82) is 0 Å². The summed E-state index contributed by atoms with van der Waals surface area (Å²) < 4.78 is 26.6. The molecule has 146 valence electrons. The number of carbonyl (C=O) groups is 2. The lowest BCUT2D eigenvalue weighted by molar-refractivity contribution is -0.140. The zero-order valence-electron chi connectivity index (χ0n) is 15.7. The summed E-state index contributed by atoms with van der Waals surface area (Å²) >= 11 is 0. The van der Waals surface area contributed by atoms with Crippen LogP contribution in [0.25, 0.3) is 0 Å². The predicted octanol–water partition coefficient (Wildman–Crippen LogP) is 3.51. The molecule has 1 heterocycles. The van der Waals surface area contributed by atoms with Crippen molar-refractivity contribution in [3.05, 3.63) is 71.3 Å². The first kappa shape index (κ1) is 19.7. The van der Waals surface area contributed by atoms with E-state index in [0.717, 1.165) is 5.56 Å². The lowest BCUT2D eigenvalue weighted by Gasteiger charge is -2.24. The first-order valence-corrected chi connectivity index (χ1v) is 9.04. The van der Waals surface area contributed by atoms with Gasteiger partial charge in [0.15, 0.2) is 0 Å². The third kappa shape index (κ3) is 4.24. The highest BCUT2D eigenvalue weighted by atomic mass is 19.1. The Hall–Kier alpha value is -3.09. The molecule has 2 aromatic rings. The lowest BCUT2D eigenvalue weighted by atomic mass is 9.98. The van der Waals surface area contributed by atoms with E-state index in [9.17, 15) is 18.4 Å². The minimum absolute atomic E-state index is 0.107. The Morgan fingerprint density at radius 2 is 1.64 bits per heavy atom. The average molecular weight is 385 g/mol. The molecule has 28 heavy (non-hydrogen) atoms. The Bertz CT molecular complexity index is 895. The van der Waals surface area contributed by atoms with Crippen LogP contribution >= 0.6 is 0 Å². The van der Waals surface area contributed by atoms with E-state index in [0.29, 0.717) is 24.1 Å². The Kier molecular flexibility index (Phi) is 5.82. The van der Waals surface area contributed by atoms with Crippen LogP contribution in [0.15, 0.2) is 53.6 Å². The van der Waals surface area contributed by atoms with Gasteiger partial charge in [-0.25, -0.2) is 13.8 Å². The normalized spacial score (nSPS) is 16.1. The van der Waals surface area contributed by atoms with Crippen molar-refractivity contribution < 1.29 is 18.4 Å². The van der Waals surface area contributed by atoms with Gasteiger partial charge in [-0.15, -0.1) is 0 Å². The highest BCUT2D eigenvalue weighted by Crippen LogP contribution is 2.33. The molecule has 1 aliphatic rings. The Morgan fingerprint density at radius 3 is 2.21 bits per heavy atom. The summed E-state index contributed by atoms with van der Waals surface area (Å²) in [4.78, 5) is 26.0. The summed E-state index contributed by atoms with van der Waals surface area (Å²) in [6.45, 7) is 1.62. The fourth-order valence-corrected chi connectivity index (χ4v) is 3.14.